The molecule has 0 unspecified atom stereocenters. The predicted octanol–water partition coefficient (Wildman–Crippen LogP) is 4.47. The molecule has 0 saturated carbocycles. The number of halogens is 3. The van der Waals surface area contributed by atoms with E-state index in [9.17, 15) is 26.4 Å². The molecule has 0 radical (unpaired) electrons. The van der Waals surface area contributed by atoms with Crippen LogP contribution in [0.2, 0.25) is 0 Å². The Morgan fingerprint density at radius 2 is 1.61 bits per heavy atom. The van der Waals surface area contributed by atoms with E-state index >= 15 is 0 Å². The second-order valence-corrected chi connectivity index (χ2v) is 9.57. The van der Waals surface area contributed by atoms with E-state index in [4.69, 9.17) is 0 Å². The number of hydrogen-bond acceptors (Lipinski definition) is 5. The molecule has 166 valence electrons. The van der Waals surface area contributed by atoms with Gasteiger partial charge >= 0.3 is 15.6 Å². The fraction of sp³-hybridized carbons (Fsp3) is 0.333. The van der Waals surface area contributed by atoms with Gasteiger partial charge in [-0.3, -0.25) is 4.79 Å². The van der Waals surface area contributed by atoms with Crippen molar-refractivity contribution in [1.29, 1.82) is 0 Å². The highest BCUT2D eigenvalue weighted by Gasteiger charge is 2.49. The summed E-state index contributed by atoms with van der Waals surface area (Å²) < 4.78 is 67.0. The van der Waals surface area contributed by atoms with E-state index < -0.39 is 27.1 Å². The third-order valence-corrected chi connectivity index (χ3v) is 5.73. The Bertz CT molecular complexity index is 1290. The Morgan fingerprint density at radius 1 is 1.00 bits per heavy atom. The van der Waals surface area contributed by atoms with Gasteiger partial charge in [0.2, 0.25) is 0 Å². The van der Waals surface area contributed by atoms with E-state index in [1.54, 1.807) is 30.3 Å². The summed E-state index contributed by atoms with van der Waals surface area (Å²) in [5, 5.41) is 3.69. The van der Waals surface area contributed by atoms with Crippen LogP contribution in [0.4, 0.5) is 13.2 Å². The first-order chi connectivity index (χ1) is 14.2. The number of aromatic nitrogens is 2. The van der Waals surface area contributed by atoms with Crippen LogP contribution in [0, 0.1) is 0 Å². The summed E-state index contributed by atoms with van der Waals surface area (Å²) in [5.41, 5.74) is -4.43. The summed E-state index contributed by atoms with van der Waals surface area (Å²) in [4.78, 5) is 13.1. The molecule has 1 aromatic heterocycles. The molecule has 2 aromatic carbocycles. The van der Waals surface area contributed by atoms with Gasteiger partial charge in [-0.05, 0) is 47.2 Å². The number of nitrogens with zero attached hydrogens (tertiary/aromatic N) is 2. The van der Waals surface area contributed by atoms with Crippen molar-refractivity contribution in [2.75, 3.05) is 0 Å². The Hall–Kier alpha value is -2.88. The van der Waals surface area contributed by atoms with Crippen LogP contribution in [0.15, 0.2) is 47.3 Å². The van der Waals surface area contributed by atoms with Crippen LogP contribution in [0.25, 0.3) is 16.5 Å². The fourth-order valence-corrected chi connectivity index (χ4v) is 3.39. The summed E-state index contributed by atoms with van der Waals surface area (Å²) in [7, 11) is -5.97. The lowest BCUT2D eigenvalue weighted by Gasteiger charge is -2.19. The van der Waals surface area contributed by atoms with E-state index in [-0.39, 0.29) is 21.9 Å². The standard InChI is InChI=1S/C21H21F3N2O4S/c1-5-13-6-11-16-17(12-13)19(27)26(15-9-7-14(8-10-15)20(2,3)4)25-18(16)30-31(28,29)21(22,23)24/h6-12H,5H2,1-4H3. The van der Waals surface area contributed by atoms with Gasteiger partial charge in [-0.2, -0.15) is 26.3 Å². The molecule has 10 heteroatoms. The molecule has 31 heavy (non-hydrogen) atoms. The first kappa shape index (κ1) is 22.8. The molecule has 0 aliphatic carbocycles. The van der Waals surface area contributed by atoms with Crippen LogP contribution in [0.3, 0.4) is 0 Å². The number of alkyl halides is 3. The molecular weight excluding hydrogens is 433 g/mol. The second kappa shape index (κ2) is 7.67. The monoisotopic (exact) mass is 454 g/mol. The van der Waals surface area contributed by atoms with Crippen molar-refractivity contribution < 1.29 is 25.8 Å². The maximum absolute atomic E-state index is 13.1. The van der Waals surface area contributed by atoms with Gasteiger partial charge in [-0.1, -0.05) is 45.9 Å². The molecule has 1 heterocycles. The van der Waals surface area contributed by atoms with E-state index in [2.05, 4.69) is 9.28 Å². The van der Waals surface area contributed by atoms with Crippen molar-refractivity contribution in [3.8, 4) is 11.6 Å². The fourth-order valence-electron chi connectivity index (χ4n) is 2.97. The molecule has 0 fully saturated rings. The van der Waals surface area contributed by atoms with Gasteiger partial charge in [0.25, 0.3) is 11.4 Å². The van der Waals surface area contributed by atoms with Crippen molar-refractivity contribution in [3.05, 3.63) is 63.9 Å². The zero-order valence-corrected chi connectivity index (χ0v) is 18.1. The SMILES string of the molecule is CCc1ccc2c(OS(=O)(=O)C(F)(F)F)nn(-c3ccc(C(C)(C)C)cc3)c(=O)c2c1. The minimum atomic E-state index is -5.97. The summed E-state index contributed by atoms with van der Waals surface area (Å²) >= 11 is 0. The van der Waals surface area contributed by atoms with Crippen molar-refractivity contribution in [1.82, 2.24) is 9.78 Å². The molecule has 3 rings (SSSR count). The van der Waals surface area contributed by atoms with E-state index in [0.717, 1.165) is 15.8 Å². The normalized spacial score (nSPS) is 12.9. The highest BCUT2D eigenvalue weighted by Crippen LogP contribution is 2.30. The van der Waals surface area contributed by atoms with Crippen LogP contribution in [-0.2, 0) is 22.0 Å². The van der Waals surface area contributed by atoms with Crippen LogP contribution in [-0.4, -0.2) is 23.7 Å². The van der Waals surface area contributed by atoms with Crippen molar-refractivity contribution in [2.45, 2.75) is 45.0 Å². The summed E-state index contributed by atoms with van der Waals surface area (Å²) in [6, 6.07) is 11.1. The van der Waals surface area contributed by atoms with Crippen LogP contribution in [0.5, 0.6) is 5.88 Å². The zero-order valence-electron chi connectivity index (χ0n) is 17.3. The molecule has 0 bridgehead atoms. The molecule has 3 aromatic rings. The lowest BCUT2D eigenvalue weighted by atomic mass is 9.87. The average molecular weight is 454 g/mol. The average Bonchev–Trinajstić information content (AvgIpc) is 2.68. The highest BCUT2D eigenvalue weighted by molar-refractivity contribution is 7.88. The molecule has 6 nitrogen and oxygen atoms in total. The zero-order chi connectivity index (χ0) is 23.2. The summed E-state index contributed by atoms with van der Waals surface area (Å²) in [6.07, 6.45) is 0.565. The lowest BCUT2D eigenvalue weighted by molar-refractivity contribution is -0.0501. The lowest BCUT2D eigenvalue weighted by Crippen LogP contribution is -2.30. The number of rotatable bonds is 4. The molecule has 0 saturated heterocycles. The Morgan fingerprint density at radius 3 is 2.13 bits per heavy atom. The Labute approximate surface area is 177 Å². The van der Waals surface area contributed by atoms with Crippen molar-refractivity contribution in [2.24, 2.45) is 0 Å². The molecule has 0 atom stereocenters. The van der Waals surface area contributed by atoms with E-state index in [1.807, 2.05) is 27.7 Å². The van der Waals surface area contributed by atoms with Crippen molar-refractivity contribution >= 4 is 20.9 Å². The van der Waals surface area contributed by atoms with Gasteiger partial charge in [0.15, 0.2) is 0 Å². The van der Waals surface area contributed by atoms with Crippen LogP contribution < -0.4 is 9.74 Å². The molecular formula is C21H21F3N2O4S. The van der Waals surface area contributed by atoms with Gasteiger partial charge in [0.1, 0.15) is 0 Å². The summed E-state index contributed by atoms with van der Waals surface area (Å²) in [5.74, 6) is -0.825. The predicted molar refractivity (Wildman–Crippen MR) is 111 cm³/mol. The van der Waals surface area contributed by atoms with Crippen molar-refractivity contribution in [3.63, 3.8) is 0 Å². The topological polar surface area (TPSA) is 78.3 Å². The van der Waals surface area contributed by atoms with Gasteiger partial charge in [-0.25, -0.2) is 0 Å². The van der Waals surface area contributed by atoms with Gasteiger partial charge in [-0.15, -0.1) is 5.10 Å². The number of aryl methyl sites for hydroxylation is 1. The first-order valence-corrected chi connectivity index (χ1v) is 10.8. The minimum Gasteiger partial charge on any atom is -0.353 e. The minimum absolute atomic E-state index is 0.00150. The van der Waals surface area contributed by atoms with E-state index in [1.165, 1.54) is 12.1 Å². The third-order valence-electron chi connectivity index (χ3n) is 4.79. The maximum atomic E-state index is 13.1. The van der Waals surface area contributed by atoms with Crippen LogP contribution >= 0.6 is 0 Å². The second-order valence-electron chi connectivity index (χ2n) is 8.04. The first-order valence-electron chi connectivity index (χ1n) is 9.42. The quantitative estimate of drug-likeness (QED) is 0.429. The van der Waals surface area contributed by atoms with Gasteiger partial charge < -0.3 is 4.18 Å². The third kappa shape index (κ3) is 4.43. The number of fused-ring (bicyclic) bond motifs is 1. The maximum Gasteiger partial charge on any atom is 0.534 e. The molecule has 0 amide bonds. The van der Waals surface area contributed by atoms with Gasteiger partial charge in [0, 0.05) is 0 Å². The largest absolute Gasteiger partial charge is 0.534 e. The Kier molecular flexibility index (Phi) is 5.64. The number of hydrogen-bond donors (Lipinski definition) is 0. The molecule has 0 aliphatic heterocycles. The highest BCUT2D eigenvalue weighted by atomic mass is 32.2. The summed E-state index contributed by atoms with van der Waals surface area (Å²) in [6.45, 7) is 7.85. The Balaban J connectivity index is 2.27. The van der Waals surface area contributed by atoms with Crippen LogP contribution in [0.1, 0.15) is 38.8 Å². The smallest absolute Gasteiger partial charge is 0.353 e. The molecule has 0 N–H and O–H groups in total. The molecule has 0 aliphatic rings. The van der Waals surface area contributed by atoms with E-state index in [0.29, 0.717) is 6.42 Å². The van der Waals surface area contributed by atoms with Gasteiger partial charge in [0.05, 0.1) is 16.5 Å². The number of benzene rings is 2. The molecule has 0 spiro atoms.